The van der Waals surface area contributed by atoms with Crippen molar-refractivity contribution in [3.05, 3.63) is 0 Å². The molecule has 0 aliphatic heterocycles. The van der Waals surface area contributed by atoms with Gasteiger partial charge >= 0.3 is 0 Å². The Morgan fingerprint density at radius 1 is 1.38 bits per heavy atom. The van der Waals surface area contributed by atoms with Crippen LogP contribution in [0.2, 0.25) is 0 Å². The molecule has 0 unspecified atom stereocenters. The van der Waals surface area contributed by atoms with Gasteiger partial charge in [-0.2, -0.15) is 8.42 Å². The summed E-state index contributed by atoms with van der Waals surface area (Å²) in [6.07, 6.45) is 0. The lowest BCUT2D eigenvalue weighted by Crippen LogP contribution is -2.05. The molecule has 0 saturated heterocycles. The molecule has 0 aliphatic carbocycles. The van der Waals surface area contributed by atoms with E-state index >= 15 is 0 Å². The first-order valence-corrected chi connectivity index (χ1v) is 3.56. The molecule has 52 valence electrons. The summed E-state index contributed by atoms with van der Waals surface area (Å²) in [6.45, 7) is 0. The Bertz CT molecular complexity index is 139. The van der Waals surface area contributed by atoms with Gasteiger partial charge in [-0.05, 0) is 0 Å². The maximum Gasteiger partial charge on any atom is 0.296 e. The van der Waals surface area contributed by atoms with Gasteiger partial charge in [0, 0.05) is 0 Å². The van der Waals surface area contributed by atoms with E-state index in [0.717, 1.165) is 0 Å². The maximum atomic E-state index is 9.62. The van der Waals surface area contributed by atoms with Crippen LogP contribution in [0.4, 0.5) is 0 Å². The predicted molar refractivity (Wildman–Crippen MR) is 42.5 cm³/mol. The first kappa shape index (κ1) is 12.0. The van der Waals surface area contributed by atoms with E-state index in [1.807, 2.05) is 0 Å². The summed E-state index contributed by atoms with van der Waals surface area (Å²) in [5, 5.41) is 0. The van der Waals surface area contributed by atoms with Gasteiger partial charge in [-0.25, -0.2) is 0 Å². The molecule has 8 heavy (non-hydrogen) atoms. The van der Waals surface area contributed by atoms with Crippen molar-refractivity contribution in [2.24, 2.45) is 0 Å². The van der Waals surface area contributed by atoms with Crippen molar-refractivity contribution in [2.45, 2.75) is 4.17 Å². The molecule has 0 saturated carbocycles. The van der Waals surface area contributed by atoms with E-state index < -0.39 is 14.3 Å². The monoisotopic (exact) mass is 292 g/mol. The van der Waals surface area contributed by atoms with Crippen LogP contribution in [0, 0.1) is 0 Å². The van der Waals surface area contributed by atoms with Gasteiger partial charge in [-0.3, -0.25) is 4.55 Å². The lowest BCUT2D eigenvalue weighted by Gasteiger charge is -1.89. The zero-order valence-corrected chi connectivity index (χ0v) is 8.07. The summed E-state index contributed by atoms with van der Waals surface area (Å²) in [4.78, 5) is 0. The van der Waals surface area contributed by atoms with Crippen molar-refractivity contribution in [2.75, 3.05) is 0 Å². The molecule has 3 nitrogen and oxygen atoms in total. The highest BCUT2D eigenvalue weighted by Gasteiger charge is 2.14. The number of halogens is 3. The lowest BCUT2D eigenvalue weighted by atomic mass is 11.9. The number of alkyl halides is 2. The fourth-order valence-corrected chi connectivity index (χ4v) is 0. The molecule has 1 N–H and O–H groups in total. The molecule has 0 spiro atoms. The number of rotatable bonds is 1. The Hall–Kier alpha value is 1.22. The van der Waals surface area contributed by atoms with Crippen LogP contribution >= 0.6 is 47.2 Å². The Kier molecular flexibility index (Phi) is 6.13. The maximum absolute atomic E-state index is 9.62. The van der Waals surface area contributed by atoms with E-state index in [-0.39, 0.29) is 24.0 Å². The van der Waals surface area contributed by atoms with Crippen LogP contribution in [0.5, 0.6) is 0 Å². The summed E-state index contributed by atoms with van der Waals surface area (Å²) in [7, 11) is -4.21. The zero-order chi connectivity index (χ0) is 6.08. The summed E-state index contributed by atoms with van der Waals surface area (Å²) in [5.41, 5.74) is 0. The molecule has 0 atom stereocenters. The van der Waals surface area contributed by atoms with Crippen LogP contribution in [-0.4, -0.2) is 17.1 Å². The fourth-order valence-electron chi connectivity index (χ4n) is 0. The first-order valence-electron chi connectivity index (χ1n) is 1.19. The summed E-state index contributed by atoms with van der Waals surface area (Å²) >= 11 is 9.36. The minimum Gasteiger partial charge on any atom is -0.283 e. The standard InChI is InChI=1S/CH2Cl2O3S.HI/c2-1(3)7(4,5)6;/h1H,(H,4,5,6);1H. The lowest BCUT2D eigenvalue weighted by molar-refractivity contribution is 0.486. The van der Waals surface area contributed by atoms with Crippen LogP contribution in [0.15, 0.2) is 0 Å². The highest BCUT2D eigenvalue weighted by molar-refractivity contribution is 14.0. The Morgan fingerprint density at radius 3 is 1.50 bits per heavy atom. The fraction of sp³-hybridized carbons (Fsp3) is 1.00. The normalized spacial score (nSPS) is 11.0. The molecule has 0 fully saturated rings. The molecule has 0 rings (SSSR count). The second kappa shape index (κ2) is 4.10. The van der Waals surface area contributed by atoms with Crippen LogP contribution in [0.25, 0.3) is 0 Å². The van der Waals surface area contributed by atoms with E-state index in [9.17, 15) is 8.42 Å². The van der Waals surface area contributed by atoms with Crippen molar-refractivity contribution in [1.82, 2.24) is 0 Å². The van der Waals surface area contributed by atoms with Gasteiger partial charge in [-0.1, -0.05) is 23.2 Å². The summed E-state index contributed by atoms with van der Waals surface area (Å²) in [5.74, 6) is 0. The van der Waals surface area contributed by atoms with Crippen molar-refractivity contribution in [3.63, 3.8) is 0 Å². The average molecular weight is 293 g/mol. The van der Waals surface area contributed by atoms with Crippen molar-refractivity contribution < 1.29 is 13.0 Å². The molecular weight excluding hydrogens is 290 g/mol. The zero-order valence-electron chi connectivity index (χ0n) is 3.41. The van der Waals surface area contributed by atoms with Gasteiger partial charge in [-0.15, -0.1) is 24.0 Å². The first-order chi connectivity index (χ1) is 2.94. The van der Waals surface area contributed by atoms with E-state index in [4.69, 9.17) is 4.55 Å². The van der Waals surface area contributed by atoms with Gasteiger partial charge < -0.3 is 0 Å². The van der Waals surface area contributed by atoms with Gasteiger partial charge in [0.25, 0.3) is 10.1 Å². The van der Waals surface area contributed by atoms with Crippen LogP contribution in [0.1, 0.15) is 0 Å². The molecule has 0 aromatic carbocycles. The van der Waals surface area contributed by atoms with Crippen molar-refractivity contribution in [3.8, 4) is 0 Å². The second-order valence-corrected chi connectivity index (χ2v) is 3.89. The molecule has 0 aliphatic rings. The van der Waals surface area contributed by atoms with E-state index in [0.29, 0.717) is 0 Å². The molecule has 0 radical (unpaired) electrons. The quantitative estimate of drug-likeness (QED) is 0.450. The van der Waals surface area contributed by atoms with Gasteiger partial charge in [0.05, 0.1) is 0 Å². The van der Waals surface area contributed by atoms with Crippen LogP contribution in [-0.2, 0) is 10.1 Å². The third kappa shape index (κ3) is 5.36. The topological polar surface area (TPSA) is 54.4 Å². The third-order valence-electron chi connectivity index (χ3n) is 0.225. The highest BCUT2D eigenvalue weighted by Crippen LogP contribution is 2.07. The minimum absolute atomic E-state index is 0. The molecule has 0 bridgehead atoms. The molecule has 0 amide bonds. The van der Waals surface area contributed by atoms with Gasteiger partial charge in [0.2, 0.25) is 4.17 Å². The molecule has 0 heterocycles. The van der Waals surface area contributed by atoms with Gasteiger partial charge in [0.1, 0.15) is 0 Å². The summed E-state index contributed by atoms with van der Waals surface area (Å²) < 4.78 is 25.3. The third-order valence-corrected chi connectivity index (χ3v) is 2.03. The number of hydrogen-bond donors (Lipinski definition) is 1. The highest BCUT2D eigenvalue weighted by atomic mass is 127. The molecule has 7 heteroatoms. The van der Waals surface area contributed by atoms with Gasteiger partial charge in [0.15, 0.2) is 0 Å². The second-order valence-electron chi connectivity index (χ2n) is 0.776. The summed E-state index contributed by atoms with van der Waals surface area (Å²) in [6, 6.07) is 0. The van der Waals surface area contributed by atoms with Crippen LogP contribution in [0.3, 0.4) is 0 Å². The van der Waals surface area contributed by atoms with Crippen molar-refractivity contribution in [1.29, 1.82) is 0 Å². The Morgan fingerprint density at radius 2 is 1.50 bits per heavy atom. The van der Waals surface area contributed by atoms with Crippen LogP contribution < -0.4 is 0 Å². The van der Waals surface area contributed by atoms with E-state index in [2.05, 4.69) is 23.2 Å². The van der Waals surface area contributed by atoms with E-state index in [1.165, 1.54) is 0 Å². The minimum atomic E-state index is -4.21. The van der Waals surface area contributed by atoms with E-state index in [1.54, 1.807) is 0 Å². The largest absolute Gasteiger partial charge is 0.296 e. The molecule has 0 aromatic rings. The Labute approximate surface area is 74.1 Å². The molecular formula is CH3Cl2IO3S. The smallest absolute Gasteiger partial charge is 0.283 e. The molecule has 0 aromatic heterocycles. The average Bonchev–Trinajstić information content (AvgIpc) is 1.31. The SMILES string of the molecule is I.O=S(=O)(O)C(Cl)Cl. The number of hydrogen-bond acceptors (Lipinski definition) is 2. The van der Waals surface area contributed by atoms with Crippen molar-refractivity contribution >= 4 is 57.3 Å². The predicted octanol–water partition coefficient (Wildman–Crippen LogP) is 1.25. The Balaban J connectivity index is 0.